The van der Waals surface area contributed by atoms with E-state index in [4.69, 9.17) is 4.74 Å². The fraction of sp³-hybridized carbons (Fsp3) is 0.657. The van der Waals surface area contributed by atoms with Crippen LogP contribution >= 0.6 is 0 Å². The van der Waals surface area contributed by atoms with Gasteiger partial charge in [0.2, 0.25) is 0 Å². The number of aryl methyl sites for hydroxylation is 2. The zero-order valence-corrected chi connectivity index (χ0v) is 28.1. The number of hydrogen-bond acceptors (Lipinski definition) is 2. The highest BCUT2D eigenvalue weighted by Crippen LogP contribution is 2.25. The van der Waals surface area contributed by atoms with Gasteiger partial charge >= 0.3 is 0 Å². The third-order valence-electron chi connectivity index (χ3n) is 7.73. The van der Waals surface area contributed by atoms with E-state index in [1.807, 2.05) is 24.5 Å². The minimum absolute atomic E-state index is 0. The van der Waals surface area contributed by atoms with E-state index >= 15 is 0 Å². The molecule has 1 amide bonds. The fourth-order valence-corrected chi connectivity index (χ4v) is 5.27. The number of pyridine rings is 1. The lowest BCUT2D eigenvalue weighted by Crippen LogP contribution is -3.00. The highest BCUT2D eigenvalue weighted by Gasteiger charge is 2.17. The van der Waals surface area contributed by atoms with Crippen LogP contribution in [0.25, 0.3) is 0 Å². The van der Waals surface area contributed by atoms with Gasteiger partial charge in [-0.2, -0.15) is 0 Å². The van der Waals surface area contributed by atoms with Crippen molar-refractivity contribution in [2.75, 3.05) is 6.61 Å². The number of halogens is 1. The van der Waals surface area contributed by atoms with Gasteiger partial charge < -0.3 is 34.0 Å². The second-order valence-corrected chi connectivity index (χ2v) is 11.2. The van der Waals surface area contributed by atoms with Crippen LogP contribution in [0.15, 0.2) is 42.7 Å². The molecule has 0 saturated heterocycles. The van der Waals surface area contributed by atoms with Gasteiger partial charge in [0, 0.05) is 18.6 Å². The van der Waals surface area contributed by atoms with Crippen molar-refractivity contribution in [1.82, 2.24) is 5.32 Å². The first kappa shape index (κ1) is 36.4. The molecule has 1 atom stereocenters. The smallest absolute Gasteiger partial charge is 0.252 e. The monoisotopic (exact) mass is 664 g/mol. The number of nitrogens with one attached hydrogen (secondary N) is 1. The van der Waals surface area contributed by atoms with E-state index in [1.165, 1.54) is 83.5 Å². The van der Waals surface area contributed by atoms with Crippen LogP contribution < -0.4 is 38.6 Å². The minimum Gasteiger partial charge on any atom is -1.00 e. The summed E-state index contributed by atoms with van der Waals surface area (Å²) in [6.45, 7) is 10.4. The van der Waals surface area contributed by atoms with E-state index in [2.05, 4.69) is 55.8 Å². The standard InChI is InChI=1S/C35H56N2O2.HI/c1-5-8-9-10-11-12-13-14-15-16-17-18-19-20-28-39-32-21-22-33(30(4)29-32)34(7-3)36-35(38)31-23-26-37(25-6-2)27-24-31;/h21-24,26-27,29,34H,5-20,25,28H2,1-4H3;1H. The first-order valence-electron chi connectivity index (χ1n) is 16.1. The van der Waals surface area contributed by atoms with Crippen molar-refractivity contribution in [3.63, 3.8) is 0 Å². The Labute approximate surface area is 263 Å². The van der Waals surface area contributed by atoms with Gasteiger partial charge in [-0.1, -0.05) is 110 Å². The quantitative estimate of drug-likeness (QED) is 0.0896. The van der Waals surface area contributed by atoms with E-state index in [0.717, 1.165) is 49.3 Å². The van der Waals surface area contributed by atoms with Gasteiger partial charge in [-0.3, -0.25) is 4.79 Å². The molecule has 226 valence electrons. The topological polar surface area (TPSA) is 42.2 Å². The molecule has 0 radical (unpaired) electrons. The number of carbonyl (C=O) groups is 1. The normalized spacial score (nSPS) is 11.6. The lowest BCUT2D eigenvalue weighted by Gasteiger charge is -2.20. The number of hydrogen-bond donors (Lipinski definition) is 1. The van der Waals surface area contributed by atoms with Crippen molar-refractivity contribution in [3.8, 4) is 5.75 Å². The van der Waals surface area contributed by atoms with E-state index in [-0.39, 0.29) is 35.9 Å². The molecule has 1 aromatic heterocycles. The fourth-order valence-electron chi connectivity index (χ4n) is 5.27. The maximum absolute atomic E-state index is 12.9. The molecule has 0 aliphatic heterocycles. The highest BCUT2D eigenvalue weighted by molar-refractivity contribution is 5.94. The zero-order chi connectivity index (χ0) is 28.1. The molecule has 2 rings (SSSR count). The van der Waals surface area contributed by atoms with Gasteiger partial charge in [0.25, 0.3) is 5.91 Å². The molecule has 0 aliphatic rings. The van der Waals surface area contributed by atoms with Crippen molar-refractivity contribution >= 4 is 5.91 Å². The SMILES string of the molecule is CCCCCCCCCCCCCCCCOc1ccc(C(CC)NC(=O)c2cc[n+](CCC)cc2)c(C)c1.[I-]. The molecule has 1 unspecified atom stereocenters. The van der Waals surface area contributed by atoms with Crippen LogP contribution in [0, 0.1) is 6.92 Å². The molecule has 0 fully saturated rings. The maximum Gasteiger partial charge on any atom is 0.252 e. The van der Waals surface area contributed by atoms with Gasteiger partial charge in [0.1, 0.15) is 12.3 Å². The first-order valence-corrected chi connectivity index (χ1v) is 16.1. The van der Waals surface area contributed by atoms with Gasteiger partial charge in [0.15, 0.2) is 12.4 Å². The van der Waals surface area contributed by atoms with E-state index in [1.54, 1.807) is 0 Å². The summed E-state index contributed by atoms with van der Waals surface area (Å²) in [6.07, 6.45) is 25.0. The van der Waals surface area contributed by atoms with Gasteiger partial charge in [-0.25, -0.2) is 4.57 Å². The molecule has 0 saturated carbocycles. The second kappa shape index (κ2) is 23.0. The summed E-state index contributed by atoms with van der Waals surface area (Å²) in [6, 6.07) is 10.1. The van der Waals surface area contributed by atoms with E-state index < -0.39 is 0 Å². The number of nitrogens with zero attached hydrogens (tertiary/aromatic N) is 1. The number of carbonyl (C=O) groups excluding carboxylic acids is 1. The highest BCUT2D eigenvalue weighted by atomic mass is 127. The predicted molar refractivity (Wildman–Crippen MR) is 164 cm³/mol. The maximum atomic E-state index is 12.9. The molecule has 0 bridgehead atoms. The Balaban J connectivity index is 0.00000800. The Kier molecular flexibility index (Phi) is 20.9. The molecule has 0 aliphatic carbocycles. The van der Waals surface area contributed by atoms with Crippen molar-refractivity contribution in [3.05, 3.63) is 59.4 Å². The molecular formula is C35H57IN2O2. The molecule has 4 nitrogen and oxygen atoms in total. The number of ether oxygens (including phenoxy) is 1. The summed E-state index contributed by atoms with van der Waals surface area (Å²) < 4.78 is 8.16. The number of amides is 1. The average Bonchev–Trinajstić information content (AvgIpc) is 2.94. The molecule has 2 aromatic rings. The average molecular weight is 665 g/mol. The summed E-state index contributed by atoms with van der Waals surface area (Å²) in [5.74, 6) is 0.902. The Morgan fingerprint density at radius 2 is 1.32 bits per heavy atom. The van der Waals surface area contributed by atoms with Gasteiger partial charge in [-0.15, -0.1) is 0 Å². The third-order valence-corrected chi connectivity index (χ3v) is 7.73. The lowest BCUT2D eigenvalue weighted by molar-refractivity contribution is -0.697. The van der Waals surface area contributed by atoms with Gasteiger partial charge in [-0.05, 0) is 43.0 Å². The van der Waals surface area contributed by atoms with Crippen LogP contribution in [0.5, 0.6) is 5.75 Å². The second-order valence-electron chi connectivity index (χ2n) is 11.2. The van der Waals surface area contributed by atoms with Crippen LogP contribution in [0.1, 0.15) is 151 Å². The number of rotatable bonds is 22. The van der Waals surface area contributed by atoms with E-state index in [9.17, 15) is 4.79 Å². The molecular weight excluding hydrogens is 607 g/mol. The van der Waals surface area contributed by atoms with Crippen LogP contribution in [0.4, 0.5) is 0 Å². The molecule has 40 heavy (non-hydrogen) atoms. The summed E-state index contributed by atoms with van der Waals surface area (Å²) in [5, 5.41) is 3.22. The van der Waals surface area contributed by atoms with E-state index in [0.29, 0.717) is 5.56 Å². The van der Waals surface area contributed by atoms with Crippen molar-refractivity contribution in [2.24, 2.45) is 0 Å². The molecule has 1 heterocycles. The predicted octanol–water partition coefficient (Wildman–Crippen LogP) is 6.44. The minimum atomic E-state index is -0.0250. The summed E-state index contributed by atoms with van der Waals surface area (Å²) in [4.78, 5) is 12.9. The third kappa shape index (κ3) is 14.8. The molecule has 0 spiro atoms. The Morgan fingerprint density at radius 3 is 1.82 bits per heavy atom. The Hall–Kier alpha value is -1.63. The first-order chi connectivity index (χ1) is 19.1. The Bertz CT molecular complexity index is 916. The molecule has 5 heteroatoms. The van der Waals surface area contributed by atoms with Crippen LogP contribution in [-0.4, -0.2) is 12.5 Å². The molecule has 1 aromatic carbocycles. The molecule has 1 N–H and O–H groups in total. The lowest BCUT2D eigenvalue weighted by atomic mass is 9.98. The van der Waals surface area contributed by atoms with Gasteiger partial charge in [0.05, 0.1) is 18.2 Å². The summed E-state index contributed by atoms with van der Waals surface area (Å²) in [5.41, 5.74) is 3.02. The number of unbranched alkanes of at least 4 members (excludes halogenated alkanes) is 13. The number of benzene rings is 1. The summed E-state index contributed by atoms with van der Waals surface area (Å²) in [7, 11) is 0. The number of aromatic nitrogens is 1. The van der Waals surface area contributed by atoms with Crippen LogP contribution in [0.2, 0.25) is 0 Å². The zero-order valence-electron chi connectivity index (χ0n) is 26.0. The Morgan fingerprint density at radius 1 is 0.775 bits per heavy atom. The van der Waals surface area contributed by atoms with Crippen LogP contribution in [-0.2, 0) is 6.54 Å². The summed E-state index contributed by atoms with van der Waals surface area (Å²) >= 11 is 0. The largest absolute Gasteiger partial charge is 1.00 e. The van der Waals surface area contributed by atoms with Crippen LogP contribution in [0.3, 0.4) is 0 Å². The van der Waals surface area contributed by atoms with Crippen molar-refractivity contribution in [1.29, 1.82) is 0 Å². The van der Waals surface area contributed by atoms with Crippen molar-refractivity contribution in [2.45, 2.75) is 143 Å². The van der Waals surface area contributed by atoms with Crippen molar-refractivity contribution < 1.29 is 38.1 Å².